The lowest BCUT2D eigenvalue weighted by Gasteiger charge is -2.23. The number of thiol groups is 1. The van der Waals surface area contributed by atoms with Crippen molar-refractivity contribution in [2.75, 3.05) is 12.3 Å². The number of nitrogens with two attached hydrogens (primary N) is 1. The van der Waals surface area contributed by atoms with Crippen LogP contribution in [0.4, 0.5) is 0 Å². The second-order valence-corrected chi connectivity index (χ2v) is 5.73. The van der Waals surface area contributed by atoms with Gasteiger partial charge in [-0.1, -0.05) is 13.8 Å². The van der Waals surface area contributed by atoms with Gasteiger partial charge in [-0.2, -0.15) is 12.6 Å². The van der Waals surface area contributed by atoms with Gasteiger partial charge in [-0.15, -0.1) is 0 Å². The first-order chi connectivity index (χ1) is 10.6. The molecular weight excluding hydrogens is 324 g/mol. The first kappa shape index (κ1) is 21.2. The number of carboxylic acid groups (broad SMARTS) is 1. The van der Waals surface area contributed by atoms with Crippen LogP contribution < -0.4 is 21.7 Å². The number of hydrogen-bond donors (Lipinski definition) is 6. The molecule has 0 aromatic rings. The molecule has 23 heavy (non-hydrogen) atoms. The molecule has 0 aromatic carbocycles. The van der Waals surface area contributed by atoms with Gasteiger partial charge in [0.25, 0.3) is 0 Å². The molecule has 0 bridgehead atoms. The minimum absolute atomic E-state index is 0.133. The van der Waals surface area contributed by atoms with Crippen LogP contribution in [0.5, 0.6) is 0 Å². The lowest BCUT2D eigenvalue weighted by atomic mass is 10.0. The average Bonchev–Trinajstić information content (AvgIpc) is 2.48. The van der Waals surface area contributed by atoms with Crippen LogP contribution in [0.2, 0.25) is 0 Å². The average molecular weight is 348 g/mol. The summed E-state index contributed by atoms with van der Waals surface area (Å²) >= 11 is 3.91. The van der Waals surface area contributed by atoms with E-state index < -0.39 is 48.4 Å². The maximum Gasteiger partial charge on any atom is 0.325 e. The molecule has 0 aliphatic carbocycles. The standard InChI is InChI=1S/C13H24N4O5S/c1-6(2)10(17-11(19)8(14)5-23)12(20)15-4-9(18)16-7(3)13(21)22/h6-8,10,23H,4-5,14H2,1-3H3,(H,15,20)(H,16,18)(H,17,19)(H,21,22). The lowest BCUT2D eigenvalue weighted by Crippen LogP contribution is -2.55. The molecule has 0 aliphatic heterocycles. The summed E-state index contributed by atoms with van der Waals surface area (Å²) in [6.07, 6.45) is 0. The van der Waals surface area contributed by atoms with Crippen LogP contribution in [0.15, 0.2) is 0 Å². The third-order valence-corrected chi connectivity index (χ3v) is 3.34. The van der Waals surface area contributed by atoms with Crippen molar-refractivity contribution in [2.24, 2.45) is 11.7 Å². The van der Waals surface area contributed by atoms with Crippen molar-refractivity contribution in [1.82, 2.24) is 16.0 Å². The minimum Gasteiger partial charge on any atom is -0.480 e. The largest absolute Gasteiger partial charge is 0.480 e. The van der Waals surface area contributed by atoms with Crippen LogP contribution in [0.1, 0.15) is 20.8 Å². The Morgan fingerprint density at radius 2 is 1.65 bits per heavy atom. The number of hydrogen-bond acceptors (Lipinski definition) is 6. The Morgan fingerprint density at radius 1 is 1.09 bits per heavy atom. The molecule has 0 fully saturated rings. The third-order valence-electron chi connectivity index (χ3n) is 2.95. The van der Waals surface area contributed by atoms with Crippen LogP contribution in [0.3, 0.4) is 0 Å². The molecule has 0 aliphatic rings. The Hall–Kier alpha value is -1.81. The van der Waals surface area contributed by atoms with Gasteiger partial charge in [0.15, 0.2) is 0 Å². The monoisotopic (exact) mass is 348 g/mol. The molecule has 0 saturated carbocycles. The van der Waals surface area contributed by atoms with Gasteiger partial charge in [-0.05, 0) is 12.8 Å². The van der Waals surface area contributed by atoms with Crippen molar-refractivity contribution < 1.29 is 24.3 Å². The second-order valence-electron chi connectivity index (χ2n) is 5.36. The predicted octanol–water partition coefficient (Wildman–Crippen LogP) is -1.91. The Labute approximate surface area is 140 Å². The van der Waals surface area contributed by atoms with E-state index in [9.17, 15) is 19.2 Å². The fourth-order valence-corrected chi connectivity index (χ4v) is 1.68. The zero-order chi connectivity index (χ0) is 18.2. The van der Waals surface area contributed by atoms with E-state index in [0.29, 0.717) is 0 Å². The zero-order valence-corrected chi connectivity index (χ0v) is 14.2. The Bertz CT molecular complexity index is 458. The topological polar surface area (TPSA) is 151 Å². The summed E-state index contributed by atoms with van der Waals surface area (Å²) in [4.78, 5) is 46.0. The molecule has 0 spiro atoms. The van der Waals surface area contributed by atoms with Gasteiger partial charge in [0.05, 0.1) is 12.6 Å². The maximum atomic E-state index is 12.1. The Kier molecular flexibility index (Phi) is 9.27. The summed E-state index contributed by atoms with van der Waals surface area (Å²) < 4.78 is 0. The molecule has 0 heterocycles. The molecule has 3 unspecified atom stereocenters. The number of rotatable bonds is 9. The third kappa shape index (κ3) is 7.84. The van der Waals surface area contributed by atoms with E-state index in [4.69, 9.17) is 10.8 Å². The number of carbonyl (C=O) groups excluding carboxylic acids is 3. The van der Waals surface area contributed by atoms with Crippen molar-refractivity contribution >= 4 is 36.3 Å². The van der Waals surface area contributed by atoms with Gasteiger partial charge < -0.3 is 26.8 Å². The summed E-state index contributed by atoms with van der Waals surface area (Å²) in [7, 11) is 0. The van der Waals surface area contributed by atoms with Crippen molar-refractivity contribution in [1.29, 1.82) is 0 Å². The van der Waals surface area contributed by atoms with Crippen molar-refractivity contribution in [3.63, 3.8) is 0 Å². The Morgan fingerprint density at radius 3 is 2.09 bits per heavy atom. The highest BCUT2D eigenvalue weighted by Crippen LogP contribution is 2.02. The van der Waals surface area contributed by atoms with Crippen LogP contribution in [0.25, 0.3) is 0 Å². The molecular formula is C13H24N4O5S. The Balaban J connectivity index is 4.55. The number of carbonyl (C=O) groups is 4. The number of nitrogens with one attached hydrogen (secondary N) is 3. The number of amides is 3. The zero-order valence-electron chi connectivity index (χ0n) is 13.3. The van der Waals surface area contributed by atoms with Crippen LogP contribution >= 0.6 is 12.6 Å². The predicted molar refractivity (Wildman–Crippen MR) is 86.8 cm³/mol. The van der Waals surface area contributed by atoms with E-state index in [1.54, 1.807) is 13.8 Å². The molecule has 0 radical (unpaired) electrons. The van der Waals surface area contributed by atoms with Crippen molar-refractivity contribution in [2.45, 2.75) is 38.9 Å². The lowest BCUT2D eigenvalue weighted by molar-refractivity contribution is -0.141. The van der Waals surface area contributed by atoms with Gasteiger partial charge in [-0.25, -0.2) is 0 Å². The summed E-state index contributed by atoms with van der Waals surface area (Å²) in [5.74, 6) is -3.00. The summed E-state index contributed by atoms with van der Waals surface area (Å²) in [5, 5.41) is 15.7. The van der Waals surface area contributed by atoms with Gasteiger partial charge in [-0.3, -0.25) is 19.2 Å². The minimum atomic E-state index is -1.18. The van der Waals surface area contributed by atoms with Crippen LogP contribution in [-0.4, -0.2) is 59.2 Å². The van der Waals surface area contributed by atoms with E-state index in [1.807, 2.05) is 0 Å². The van der Waals surface area contributed by atoms with E-state index in [1.165, 1.54) is 6.92 Å². The summed E-state index contributed by atoms with van der Waals surface area (Å²) in [6, 6.07) is -2.77. The van der Waals surface area contributed by atoms with Gasteiger partial charge in [0, 0.05) is 5.75 Å². The van der Waals surface area contributed by atoms with E-state index in [2.05, 4.69) is 28.6 Å². The summed E-state index contributed by atoms with van der Waals surface area (Å²) in [6.45, 7) is 4.36. The first-order valence-corrected chi connectivity index (χ1v) is 7.70. The second kappa shape index (κ2) is 10.1. The molecule has 0 saturated heterocycles. The van der Waals surface area contributed by atoms with Gasteiger partial charge in [0.2, 0.25) is 17.7 Å². The molecule has 0 aromatic heterocycles. The van der Waals surface area contributed by atoms with E-state index in [-0.39, 0.29) is 11.7 Å². The quantitative estimate of drug-likeness (QED) is 0.268. The number of carboxylic acids is 1. The molecule has 6 N–H and O–H groups in total. The molecule has 132 valence electrons. The van der Waals surface area contributed by atoms with Crippen molar-refractivity contribution in [3.8, 4) is 0 Å². The highest BCUT2D eigenvalue weighted by molar-refractivity contribution is 7.80. The van der Waals surface area contributed by atoms with E-state index in [0.717, 1.165) is 0 Å². The molecule has 10 heteroatoms. The van der Waals surface area contributed by atoms with Gasteiger partial charge in [0.1, 0.15) is 12.1 Å². The molecule has 3 atom stereocenters. The van der Waals surface area contributed by atoms with Crippen molar-refractivity contribution in [3.05, 3.63) is 0 Å². The van der Waals surface area contributed by atoms with Crippen LogP contribution in [0, 0.1) is 5.92 Å². The van der Waals surface area contributed by atoms with E-state index >= 15 is 0 Å². The fraction of sp³-hybridized carbons (Fsp3) is 0.692. The normalized spacial score (nSPS) is 14.5. The molecule has 3 amide bonds. The smallest absolute Gasteiger partial charge is 0.325 e. The highest BCUT2D eigenvalue weighted by Gasteiger charge is 2.26. The molecule has 0 rings (SSSR count). The molecule has 9 nitrogen and oxygen atoms in total. The fourth-order valence-electron chi connectivity index (χ4n) is 1.51. The van der Waals surface area contributed by atoms with Crippen LogP contribution in [-0.2, 0) is 19.2 Å². The summed E-state index contributed by atoms with van der Waals surface area (Å²) in [5.41, 5.74) is 5.53. The first-order valence-electron chi connectivity index (χ1n) is 7.06. The SMILES string of the molecule is CC(NC(=O)CNC(=O)C(NC(=O)C(N)CS)C(C)C)C(=O)O. The highest BCUT2D eigenvalue weighted by atomic mass is 32.1. The van der Waals surface area contributed by atoms with Gasteiger partial charge >= 0.3 is 5.97 Å². The number of aliphatic carboxylic acids is 1. The maximum absolute atomic E-state index is 12.1.